The molecule has 0 atom stereocenters. The Labute approximate surface area is 113 Å². The number of hydrogen-bond acceptors (Lipinski definition) is 2. The Hall–Kier alpha value is -0.440. The van der Waals surface area contributed by atoms with Crippen LogP contribution in [0.2, 0.25) is 10.0 Å². The zero-order chi connectivity index (χ0) is 12.8. The Morgan fingerprint density at radius 3 is 2.59 bits per heavy atom. The first-order chi connectivity index (χ1) is 8.04. The molecule has 0 fully saturated rings. The first kappa shape index (κ1) is 14.6. The van der Waals surface area contributed by atoms with Crippen molar-refractivity contribution in [1.29, 1.82) is 0 Å². The van der Waals surface area contributed by atoms with E-state index in [4.69, 9.17) is 27.9 Å². The monoisotopic (exact) mass is 275 g/mol. The molecule has 0 heterocycles. The van der Waals surface area contributed by atoms with Gasteiger partial charge < -0.3 is 10.1 Å². The van der Waals surface area contributed by atoms with Crippen LogP contribution in [0.15, 0.2) is 12.1 Å². The van der Waals surface area contributed by atoms with Gasteiger partial charge in [-0.3, -0.25) is 0 Å². The van der Waals surface area contributed by atoms with Gasteiger partial charge in [-0.2, -0.15) is 0 Å². The molecule has 1 aromatic carbocycles. The molecule has 0 saturated heterocycles. The molecule has 0 radical (unpaired) electrons. The lowest BCUT2D eigenvalue weighted by Crippen LogP contribution is -2.09. The fourth-order valence-electron chi connectivity index (χ4n) is 1.49. The second-order valence-corrected chi connectivity index (χ2v) is 5.28. The average molecular weight is 276 g/mol. The summed E-state index contributed by atoms with van der Waals surface area (Å²) in [6.45, 7) is 5.70. The molecule has 1 rings (SSSR count). The molecule has 0 amide bonds. The average Bonchev–Trinajstić information content (AvgIpc) is 2.21. The summed E-state index contributed by atoms with van der Waals surface area (Å²) in [6.07, 6.45) is 1.01. The summed E-state index contributed by atoms with van der Waals surface area (Å²) in [7, 11) is 1.88. The van der Waals surface area contributed by atoms with E-state index in [1.165, 1.54) is 0 Å². The van der Waals surface area contributed by atoms with Crippen LogP contribution < -0.4 is 10.1 Å². The van der Waals surface area contributed by atoms with Gasteiger partial charge in [0, 0.05) is 17.1 Å². The van der Waals surface area contributed by atoms with Crippen molar-refractivity contribution in [2.45, 2.75) is 26.8 Å². The van der Waals surface area contributed by atoms with E-state index in [0.29, 0.717) is 29.1 Å². The topological polar surface area (TPSA) is 21.3 Å². The molecule has 2 nitrogen and oxygen atoms in total. The Balaban J connectivity index is 2.80. The highest BCUT2D eigenvalue weighted by atomic mass is 35.5. The van der Waals surface area contributed by atoms with Crippen LogP contribution in [0.25, 0.3) is 0 Å². The van der Waals surface area contributed by atoms with Crippen LogP contribution in [-0.4, -0.2) is 13.7 Å². The van der Waals surface area contributed by atoms with Gasteiger partial charge in [0.15, 0.2) is 0 Å². The maximum absolute atomic E-state index is 6.15. The minimum atomic E-state index is 0.575. The number of benzene rings is 1. The number of nitrogens with one attached hydrogen (secondary N) is 1. The minimum absolute atomic E-state index is 0.575. The van der Waals surface area contributed by atoms with E-state index in [2.05, 4.69) is 19.2 Å². The van der Waals surface area contributed by atoms with Crippen molar-refractivity contribution >= 4 is 23.2 Å². The summed E-state index contributed by atoms with van der Waals surface area (Å²) in [4.78, 5) is 0. The van der Waals surface area contributed by atoms with Gasteiger partial charge >= 0.3 is 0 Å². The van der Waals surface area contributed by atoms with Gasteiger partial charge in [-0.25, -0.2) is 0 Å². The normalized spacial score (nSPS) is 10.9. The van der Waals surface area contributed by atoms with E-state index < -0.39 is 0 Å². The number of halogens is 2. The van der Waals surface area contributed by atoms with Crippen molar-refractivity contribution in [3.63, 3.8) is 0 Å². The van der Waals surface area contributed by atoms with Gasteiger partial charge in [-0.15, -0.1) is 0 Å². The minimum Gasteiger partial charge on any atom is -0.492 e. The van der Waals surface area contributed by atoms with E-state index in [1.807, 2.05) is 13.1 Å². The molecule has 1 aromatic rings. The van der Waals surface area contributed by atoms with Crippen molar-refractivity contribution in [3.05, 3.63) is 27.7 Å². The molecule has 0 aliphatic carbocycles. The largest absolute Gasteiger partial charge is 0.492 e. The standard InChI is InChI=1S/C13H19Cl2NO/c1-9(2)4-5-17-13-10(8-16-3)6-11(14)7-12(13)15/h6-7,9,16H,4-5,8H2,1-3H3. The molecular weight excluding hydrogens is 257 g/mol. The smallest absolute Gasteiger partial charge is 0.142 e. The van der Waals surface area contributed by atoms with Gasteiger partial charge in [0.1, 0.15) is 5.75 Å². The maximum Gasteiger partial charge on any atom is 0.142 e. The van der Waals surface area contributed by atoms with Crippen molar-refractivity contribution in [1.82, 2.24) is 5.32 Å². The lowest BCUT2D eigenvalue weighted by atomic mass is 10.1. The van der Waals surface area contributed by atoms with Crippen molar-refractivity contribution in [3.8, 4) is 5.75 Å². The van der Waals surface area contributed by atoms with E-state index in [9.17, 15) is 0 Å². The van der Waals surface area contributed by atoms with Gasteiger partial charge in [0.2, 0.25) is 0 Å². The Morgan fingerprint density at radius 2 is 2.00 bits per heavy atom. The van der Waals surface area contributed by atoms with Gasteiger partial charge in [0.25, 0.3) is 0 Å². The van der Waals surface area contributed by atoms with Crippen LogP contribution >= 0.6 is 23.2 Å². The lowest BCUT2D eigenvalue weighted by Gasteiger charge is -2.14. The zero-order valence-corrected chi connectivity index (χ0v) is 12.0. The van der Waals surface area contributed by atoms with Crippen molar-refractivity contribution in [2.75, 3.05) is 13.7 Å². The molecule has 0 bridgehead atoms. The first-order valence-electron chi connectivity index (χ1n) is 5.80. The summed E-state index contributed by atoms with van der Waals surface area (Å²) in [5, 5.41) is 4.29. The Kier molecular flexibility index (Phi) is 6.10. The van der Waals surface area contributed by atoms with Crippen LogP contribution in [-0.2, 0) is 6.54 Å². The van der Waals surface area contributed by atoms with Crippen LogP contribution in [0.5, 0.6) is 5.75 Å². The number of ether oxygens (including phenoxy) is 1. The Morgan fingerprint density at radius 1 is 1.29 bits per heavy atom. The van der Waals surface area contributed by atoms with E-state index in [-0.39, 0.29) is 0 Å². The fraction of sp³-hybridized carbons (Fsp3) is 0.538. The zero-order valence-electron chi connectivity index (χ0n) is 10.5. The molecule has 17 heavy (non-hydrogen) atoms. The van der Waals surface area contributed by atoms with Crippen LogP contribution in [0.3, 0.4) is 0 Å². The second kappa shape index (κ2) is 7.10. The number of rotatable bonds is 6. The van der Waals surface area contributed by atoms with E-state index in [0.717, 1.165) is 17.7 Å². The molecule has 1 N–H and O–H groups in total. The van der Waals surface area contributed by atoms with E-state index in [1.54, 1.807) is 6.07 Å². The summed E-state index contributed by atoms with van der Waals surface area (Å²) in [6, 6.07) is 3.60. The van der Waals surface area contributed by atoms with Gasteiger partial charge in [-0.1, -0.05) is 37.0 Å². The van der Waals surface area contributed by atoms with Crippen LogP contribution in [0, 0.1) is 5.92 Å². The predicted molar refractivity (Wildman–Crippen MR) is 74.2 cm³/mol. The summed E-state index contributed by atoms with van der Waals surface area (Å²) >= 11 is 12.1. The first-order valence-corrected chi connectivity index (χ1v) is 6.55. The summed E-state index contributed by atoms with van der Waals surface area (Å²) in [5.74, 6) is 1.36. The SMILES string of the molecule is CNCc1cc(Cl)cc(Cl)c1OCCC(C)C. The van der Waals surface area contributed by atoms with E-state index >= 15 is 0 Å². The third kappa shape index (κ3) is 4.74. The highest BCUT2D eigenvalue weighted by Gasteiger charge is 2.10. The highest BCUT2D eigenvalue weighted by molar-refractivity contribution is 6.35. The lowest BCUT2D eigenvalue weighted by molar-refractivity contribution is 0.286. The molecule has 4 heteroatoms. The summed E-state index contributed by atoms with van der Waals surface area (Å²) < 4.78 is 5.76. The third-order valence-electron chi connectivity index (χ3n) is 2.39. The van der Waals surface area contributed by atoms with Crippen molar-refractivity contribution in [2.24, 2.45) is 5.92 Å². The Bertz CT molecular complexity index is 367. The third-order valence-corrected chi connectivity index (χ3v) is 2.89. The molecule has 96 valence electrons. The predicted octanol–water partition coefficient (Wildman–Crippen LogP) is 4.14. The molecular formula is C13H19Cl2NO. The molecule has 0 saturated carbocycles. The molecule has 0 spiro atoms. The van der Waals surface area contributed by atoms with Crippen LogP contribution in [0.4, 0.5) is 0 Å². The molecule has 0 unspecified atom stereocenters. The molecule has 0 aliphatic heterocycles. The quantitative estimate of drug-likeness (QED) is 0.843. The van der Waals surface area contributed by atoms with Crippen molar-refractivity contribution < 1.29 is 4.74 Å². The van der Waals surface area contributed by atoms with Gasteiger partial charge in [0.05, 0.1) is 11.6 Å². The van der Waals surface area contributed by atoms with Crippen LogP contribution in [0.1, 0.15) is 25.8 Å². The number of hydrogen-bond donors (Lipinski definition) is 1. The summed E-state index contributed by atoms with van der Waals surface area (Å²) in [5.41, 5.74) is 0.994. The fourth-order valence-corrected chi connectivity index (χ4v) is 2.08. The molecule has 0 aromatic heterocycles. The van der Waals surface area contributed by atoms with Gasteiger partial charge in [-0.05, 0) is 31.5 Å². The highest BCUT2D eigenvalue weighted by Crippen LogP contribution is 2.32. The second-order valence-electron chi connectivity index (χ2n) is 4.44. The maximum atomic E-state index is 6.15. The molecule has 0 aliphatic rings.